The first-order valence-corrected chi connectivity index (χ1v) is 25.0. The fraction of sp³-hybridized carbons (Fsp3) is 0.300. The topological polar surface area (TPSA) is 40.2 Å². The Kier molecular flexibility index (Phi) is 9.35. The summed E-state index contributed by atoms with van der Waals surface area (Å²) in [5.41, 5.74) is 14.0. The summed E-state index contributed by atoms with van der Waals surface area (Å²) in [5.74, 6) is 4.15. The molecule has 6 heteroatoms. The summed E-state index contributed by atoms with van der Waals surface area (Å²) in [6.45, 7) is 7.68. The van der Waals surface area contributed by atoms with Crippen molar-refractivity contribution in [3.8, 4) is 28.4 Å². The van der Waals surface area contributed by atoms with E-state index in [0.717, 1.165) is 76.8 Å². The number of nitrogens with zero attached hydrogens (tertiary/aromatic N) is 1. The van der Waals surface area contributed by atoms with Crippen molar-refractivity contribution in [3.63, 3.8) is 0 Å². The highest BCUT2D eigenvalue weighted by atomic mass is 32.2. The van der Waals surface area contributed by atoms with Gasteiger partial charge in [0.05, 0.1) is 25.2 Å². The molecule has 7 aromatic carbocycles. The Balaban J connectivity index is 1.07. The highest BCUT2D eigenvalue weighted by Gasteiger charge is 2.55. The van der Waals surface area contributed by atoms with Crippen LogP contribution in [0.4, 0.5) is 5.69 Å². The average molecular weight is 886 g/mol. The van der Waals surface area contributed by atoms with E-state index in [1.54, 1.807) is 7.11 Å². The van der Waals surface area contributed by atoms with Gasteiger partial charge in [0, 0.05) is 57.4 Å². The summed E-state index contributed by atoms with van der Waals surface area (Å²) in [6.07, 6.45) is 12.5. The Labute approximate surface area is 392 Å². The molecule has 3 aliphatic heterocycles. The van der Waals surface area contributed by atoms with Crippen molar-refractivity contribution in [2.45, 2.75) is 73.2 Å². The van der Waals surface area contributed by atoms with Gasteiger partial charge < -0.3 is 23.8 Å². The van der Waals surface area contributed by atoms with Gasteiger partial charge in [0.15, 0.2) is 5.60 Å². The van der Waals surface area contributed by atoms with Crippen molar-refractivity contribution in [1.29, 1.82) is 0 Å². The Morgan fingerprint density at radius 2 is 1.29 bits per heavy atom. The summed E-state index contributed by atoms with van der Waals surface area (Å²) >= 11 is 1.82. The predicted molar refractivity (Wildman–Crippen MR) is 267 cm³/mol. The maximum absolute atomic E-state index is 8.02. The normalized spacial score (nSPS) is 24.3. The molecule has 0 aromatic heterocycles. The third-order valence-corrected chi connectivity index (χ3v) is 17.6. The van der Waals surface area contributed by atoms with E-state index in [1.165, 1.54) is 99.7 Å². The predicted octanol–water partition coefficient (Wildman–Crippen LogP) is 13.9. The zero-order valence-corrected chi connectivity index (χ0v) is 38.9. The number of anilines is 1. The number of hydrogen-bond donors (Lipinski definition) is 0. The fourth-order valence-corrected chi connectivity index (χ4v) is 14.7. The molecule has 7 aromatic rings. The van der Waals surface area contributed by atoms with Crippen molar-refractivity contribution in [2.75, 3.05) is 38.3 Å². The second kappa shape index (κ2) is 15.3. The summed E-state index contributed by atoms with van der Waals surface area (Å²) in [6, 6.07) is 49.2. The average Bonchev–Trinajstić information content (AvgIpc) is 4.04. The number of thioether (sulfide) groups is 1. The molecule has 0 amide bonds. The highest BCUT2D eigenvalue weighted by Crippen LogP contribution is 2.67. The molecule has 3 aliphatic carbocycles. The summed E-state index contributed by atoms with van der Waals surface area (Å²) < 4.78 is 27.0. The molecular formula is C60H55NO4S. The largest absolute Gasteiger partial charge is 0.497 e. The van der Waals surface area contributed by atoms with Crippen LogP contribution in [-0.4, -0.2) is 33.4 Å². The van der Waals surface area contributed by atoms with Crippen LogP contribution in [-0.2, 0) is 20.7 Å². The van der Waals surface area contributed by atoms with Crippen LogP contribution in [0.5, 0.6) is 17.2 Å². The van der Waals surface area contributed by atoms with E-state index in [-0.39, 0.29) is 5.41 Å². The molecule has 66 heavy (non-hydrogen) atoms. The molecule has 1 saturated heterocycles. The molecule has 3 unspecified atom stereocenters. The van der Waals surface area contributed by atoms with Gasteiger partial charge in [-0.15, -0.1) is 0 Å². The molecule has 1 spiro atoms. The maximum Gasteiger partial charge on any atom is 0.211 e. The Hall–Kier alpha value is -5.95. The van der Waals surface area contributed by atoms with E-state index >= 15 is 0 Å². The molecule has 6 aliphatic rings. The van der Waals surface area contributed by atoms with Gasteiger partial charge in [-0.3, -0.25) is 0 Å². The molecule has 0 bridgehead atoms. The minimum atomic E-state index is -0.916. The fourth-order valence-electron chi connectivity index (χ4n) is 13.2. The van der Waals surface area contributed by atoms with E-state index in [2.05, 4.69) is 164 Å². The number of rotatable bonds is 6. The zero-order chi connectivity index (χ0) is 44.2. The Bertz CT molecular complexity index is 3030. The number of methoxy groups -OCH3 is 1. The first-order valence-electron chi connectivity index (χ1n) is 24.1. The quantitative estimate of drug-likeness (QED) is 0.166. The molecule has 330 valence electrons. The molecule has 2 saturated carbocycles. The van der Waals surface area contributed by atoms with Crippen molar-refractivity contribution >= 4 is 34.3 Å². The van der Waals surface area contributed by atoms with Gasteiger partial charge in [-0.25, -0.2) is 0 Å². The van der Waals surface area contributed by atoms with E-state index in [9.17, 15) is 0 Å². The van der Waals surface area contributed by atoms with Crippen LogP contribution in [0.15, 0.2) is 144 Å². The molecular weight excluding hydrogens is 831 g/mol. The van der Waals surface area contributed by atoms with Crippen molar-refractivity contribution < 1.29 is 18.9 Å². The smallest absolute Gasteiger partial charge is 0.211 e. The molecule has 0 radical (unpaired) electrons. The first-order chi connectivity index (χ1) is 32.4. The zero-order valence-electron chi connectivity index (χ0n) is 38.1. The van der Waals surface area contributed by atoms with E-state index < -0.39 is 10.5 Å². The van der Waals surface area contributed by atoms with Crippen molar-refractivity contribution in [1.82, 2.24) is 0 Å². The Morgan fingerprint density at radius 1 is 0.667 bits per heavy atom. The van der Waals surface area contributed by atoms with Gasteiger partial charge in [0.25, 0.3) is 0 Å². The van der Waals surface area contributed by atoms with Crippen LogP contribution < -0.4 is 19.1 Å². The van der Waals surface area contributed by atoms with Crippen LogP contribution in [0.1, 0.15) is 88.6 Å². The van der Waals surface area contributed by atoms with Crippen LogP contribution in [0.2, 0.25) is 0 Å². The first kappa shape index (κ1) is 40.3. The third-order valence-electron chi connectivity index (χ3n) is 16.3. The lowest BCUT2D eigenvalue weighted by Gasteiger charge is -2.39. The molecule has 3 atom stereocenters. The number of morpholine rings is 1. The van der Waals surface area contributed by atoms with E-state index in [0.29, 0.717) is 0 Å². The lowest BCUT2D eigenvalue weighted by atomic mass is 9.72. The summed E-state index contributed by atoms with van der Waals surface area (Å²) in [4.78, 5) is 2.77. The van der Waals surface area contributed by atoms with Crippen LogP contribution in [0.3, 0.4) is 0 Å². The van der Waals surface area contributed by atoms with Crippen LogP contribution in [0.25, 0.3) is 28.0 Å². The van der Waals surface area contributed by atoms with Gasteiger partial charge in [-0.2, -0.15) is 0 Å². The maximum atomic E-state index is 8.02. The molecule has 3 heterocycles. The summed E-state index contributed by atoms with van der Waals surface area (Å²) in [7, 11) is 1.73. The summed E-state index contributed by atoms with van der Waals surface area (Å²) in [5, 5.41) is 2.33. The van der Waals surface area contributed by atoms with Gasteiger partial charge in [-0.05, 0) is 120 Å². The number of fused-ring (bicyclic) bond motifs is 12. The van der Waals surface area contributed by atoms with Gasteiger partial charge in [-0.1, -0.05) is 141 Å². The number of aryl methyl sites for hydroxylation is 2. The molecule has 5 nitrogen and oxygen atoms in total. The van der Waals surface area contributed by atoms with Crippen molar-refractivity contribution in [2.24, 2.45) is 11.8 Å². The lowest BCUT2D eigenvalue weighted by Crippen LogP contribution is -2.37. The van der Waals surface area contributed by atoms with E-state index in [4.69, 9.17) is 18.9 Å². The van der Waals surface area contributed by atoms with E-state index in [1.807, 2.05) is 11.8 Å². The van der Waals surface area contributed by atoms with Crippen LogP contribution >= 0.6 is 11.8 Å². The van der Waals surface area contributed by atoms with Gasteiger partial charge in [0.1, 0.15) is 17.2 Å². The third kappa shape index (κ3) is 5.89. The molecule has 0 N–H and O–H groups in total. The van der Waals surface area contributed by atoms with Gasteiger partial charge >= 0.3 is 0 Å². The highest BCUT2D eigenvalue weighted by molar-refractivity contribution is 8.00. The number of hydrogen-bond acceptors (Lipinski definition) is 6. The standard InChI is InChI=1S/C60H55NO4S/c1-38-12-4-9-17-50(38)60(51-18-10-5-13-39(51)2)64-53-34-48-49(35-54(53)66-60)57-47(56-55(48)46-16-8-11-19-52(46)58(56)36-40-14-6-7-15-41(40)37-58)28-29-59(65-57,43-22-26-45(62-3)27-23-43)42-20-24-44(25-21-42)61-30-32-63-33-31-61/h4-5,8-13,16-29,34-35,40-41H,6-7,14-15,30-33,36-37H2,1-3H3. The minimum Gasteiger partial charge on any atom is -0.497 e. The van der Waals surface area contributed by atoms with Gasteiger partial charge in [0.2, 0.25) is 4.93 Å². The Morgan fingerprint density at radius 3 is 1.94 bits per heavy atom. The molecule has 13 rings (SSSR count). The minimum absolute atomic E-state index is 0.0990. The lowest BCUT2D eigenvalue weighted by molar-refractivity contribution is 0.122. The van der Waals surface area contributed by atoms with Crippen LogP contribution in [0, 0.1) is 25.7 Å². The van der Waals surface area contributed by atoms with Crippen molar-refractivity contribution in [3.05, 3.63) is 190 Å². The number of benzene rings is 7. The molecule has 3 fully saturated rings. The number of ether oxygens (including phenoxy) is 4. The SMILES string of the molecule is COc1ccc(C2(c3ccc(N4CCOCC4)cc3)C=Cc3c4c(c5cc6c(cc5c3O2)SC(c2ccccc2C)(c2ccccc2C)O6)-c2ccccc2C42CC3CCCCC3C2)cc1. The second-order valence-electron chi connectivity index (χ2n) is 19.7. The monoisotopic (exact) mass is 885 g/mol. The second-order valence-corrected chi connectivity index (χ2v) is 20.9.